The molecule has 0 bridgehead atoms. The fourth-order valence-corrected chi connectivity index (χ4v) is 3.06. The number of hydrogen-bond acceptors (Lipinski definition) is 4. The highest BCUT2D eigenvalue weighted by atomic mass is 16.5. The number of ether oxygens (including phenoxy) is 2. The van der Waals surface area contributed by atoms with Gasteiger partial charge in [-0.05, 0) is 30.3 Å². The summed E-state index contributed by atoms with van der Waals surface area (Å²) in [6.07, 6.45) is 5.53. The van der Waals surface area contributed by atoms with E-state index in [1.54, 1.807) is 54.5 Å². The van der Waals surface area contributed by atoms with E-state index < -0.39 is 5.92 Å². The normalized spacial score (nSPS) is 16.0. The van der Waals surface area contributed by atoms with Gasteiger partial charge in [0.15, 0.2) is 11.5 Å². The lowest BCUT2D eigenvalue weighted by atomic mass is 10.1. The van der Waals surface area contributed by atoms with Gasteiger partial charge in [-0.2, -0.15) is 0 Å². The van der Waals surface area contributed by atoms with E-state index in [0.717, 1.165) is 0 Å². The van der Waals surface area contributed by atoms with Crippen LogP contribution >= 0.6 is 0 Å². The van der Waals surface area contributed by atoms with Crippen LogP contribution in [0.5, 0.6) is 11.5 Å². The molecular weight excluding hydrogens is 344 g/mol. The van der Waals surface area contributed by atoms with Gasteiger partial charge in [0.2, 0.25) is 11.8 Å². The standard InChI is InChI=1S/C21H20N2O4/c1-4-14-6-5-7-16(10-14)22-21(25)15-11-20(24)23(13-15)17-8-9-18(26-2)19(12-17)27-3/h1,5-10,12,15H,11,13H2,2-3H3,(H,22,25). The van der Waals surface area contributed by atoms with E-state index in [0.29, 0.717) is 35.0 Å². The van der Waals surface area contributed by atoms with Crippen LogP contribution in [0.15, 0.2) is 42.5 Å². The van der Waals surface area contributed by atoms with Crippen molar-refractivity contribution in [3.8, 4) is 23.8 Å². The Morgan fingerprint density at radius 2 is 1.96 bits per heavy atom. The molecule has 0 aromatic heterocycles. The number of terminal acetylenes is 1. The summed E-state index contributed by atoms with van der Waals surface area (Å²) in [4.78, 5) is 26.6. The molecule has 2 aromatic carbocycles. The van der Waals surface area contributed by atoms with Gasteiger partial charge >= 0.3 is 0 Å². The predicted octanol–water partition coefficient (Wildman–Crippen LogP) is 2.68. The third-order valence-electron chi connectivity index (χ3n) is 4.47. The molecule has 1 fully saturated rings. The largest absolute Gasteiger partial charge is 0.493 e. The van der Waals surface area contributed by atoms with E-state index in [2.05, 4.69) is 11.2 Å². The number of hydrogen-bond donors (Lipinski definition) is 1. The number of methoxy groups -OCH3 is 2. The van der Waals surface area contributed by atoms with Crippen LogP contribution in [0.4, 0.5) is 11.4 Å². The number of nitrogens with one attached hydrogen (secondary N) is 1. The second kappa shape index (κ2) is 7.83. The third-order valence-corrected chi connectivity index (χ3v) is 4.47. The van der Waals surface area contributed by atoms with Crippen LogP contribution in [0.3, 0.4) is 0 Å². The molecule has 1 N–H and O–H groups in total. The van der Waals surface area contributed by atoms with Crippen LogP contribution in [-0.4, -0.2) is 32.6 Å². The van der Waals surface area contributed by atoms with Crippen LogP contribution in [0.25, 0.3) is 0 Å². The number of anilines is 2. The summed E-state index contributed by atoms with van der Waals surface area (Å²) in [5.41, 5.74) is 1.97. The van der Waals surface area contributed by atoms with Gasteiger partial charge in [-0.1, -0.05) is 12.0 Å². The summed E-state index contributed by atoms with van der Waals surface area (Å²) in [7, 11) is 3.09. The van der Waals surface area contributed by atoms with Crippen molar-refractivity contribution in [3.63, 3.8) is 0 Å². The molecule has 27 heavy (non-hydrogen) atoms. The van der Waals surface area contributed by atoms with Crippen LogP contribution in [0.2, 0.25) is 0 Å². The first-order valence-corrected chi connectivity index (χ1v) is 8.45. The van der Waals surface area contributed by atoms with Crippen LogP contribution in [0.1, 0.15) is 12.0 Å². The monoisotopic (exact) mass is 364 g/mol. The Balaban J connectivity index is 1.73. The van der Waals surface area contributed by atoms with Crippen molar-refractivity contribution in [2.75, 3.05) is 31.0 Å². The molecule has 1 heterocycles. The topological polar surface area (TPSA) is 67.9 Å². The predicted molar refractivity (Wildman–Crippen MR) is 103 cm³/mol. The lowest BCUT2D eigenvalue weighted by Crippen LogP contribution is -2.28. The van der Waals surface area contributed by atoms with Crippen molar-refractivity contribution < 1.29 is 19.1 Å². The molecule has 1 atom stereocenters. The molecule has 6 heteroatoms. The van der Waals surface area contributed by atoms with Crippen molar-refractivity contribution in [3.05, 3.63) is 48.0 Å². The van der Waals surface area contributed by atoms with E-state index in [-0.39, 0.29) is 18.2 Å². The van der Waals surface area contributed by atoms with Gasteiger partial charge in [-0.15, -0.1) is 6.42 Å². The zero-order chi connectivity index (χ0) is 19.4. The smallest absolute Gasteiger partial charge is 0.229 e. The SMILES string of the molecule is C#Cc1cccc(NC(=O)C2CC(=O)N(c3ccc(OC)c(OC)c3)C2)c1. The lowest BCUT2D eigenvalue weighted by molar-refractivity contribution is -0.122. The van der Waals surface area contributed by atoms with Crippen LogP contribution < -0.4 is 19.7 Å². The minimum absolute atomic E-state index is 0.111. The quantitative estimate of drug-likeness (QED) is 0.829. The first-order chi connectivity index (χ1) is 13.0. The van der Waals surface area contributed by atoms with Crippen molar-refractivity contribution in [1.29, 1.82) is 0 Å². The Bertz CT molecular complexity index is 917. The maximum Gasteiger partial charge on any atom is 0.229 e. The highest BCUT2D eigenvalue weighted by Gasteiger charge is 2.35. The molecule has 2 aromatic rings. The van der Waals surface area contributed by atoms with Crippen molar-refractivity contribution in [1.82, 2.24) is 0 Å². The Morgan fingerprint density at radius 1 is 1.19 bits per heavy atom. The second-order valence-electron chi connectivity index (χ2n) is 6.16. The third kappa shape index (κ3) is 3.87. The highest BCUT2D eigenvalue weighted by molar-refractivity contribution is 6.03. The highest BCUT2D eigenvalue weighted by Crippen LogP contribution is 2.34. The maximum atomic E-state index is 12.6. The molecule has 2 amide bonds. The van der Waals surface area contributed by atoms with Gasteiger partial charge in [-0.3, -0.25) is 9.59 Å². The molecule has 0 spiro atoms. The number of amides is 2. The Morgan fingerprint density at radius 3 is 2.67 bits per heavy atom. The molecule has 0 aliphatic carbocycles. The Labute approximate surface area is 158 Å². The summed E-state index contributed by atoms with van der Waals surface area (Å²) >= 11 is 0. The summed E-state index contributed by atoms with van der Waals surface area (Å²) in [5, 5.41) is 2.83. The van der Waals surface area contributed by atoms with Gasteiger partial charge in [0.05, 0.1) is 20.1 Å². The second-order valence-corrected chi connectivity index (χ2v) is 6.16. The zero-order valence-corrected chi connectivity index (χ0v) is 15.2. The van der Waals surface area contributed by atoms with Crippen LogP contribution in [0, 0.1) is 18.3 Å². The van der Waals surface area contributed by atoms with E-state index in [1.165, 1.54) is 7.11 Å². The molecule has 1 saturated heterocycles. The molecule has 1 aliphatic rings. The van der Waals surface area contributed by atoms with Gasteiger partial charge in [0.25, 0.3) is 0 Å². The van der Waals surface area contributed by atoms with Gasteiger partial charge < -0.3 is 19.7 Å². The lowest BCUT2D eigenvalue weighted by Gasteiger charge is -2.18. The zero-order valence-electron chi connectivity index (χ0n) is 15.2. The van der Waals surface area contributed by atoms with Crippen molar-refractivity contribution >= 4 is 23.2 Å². The molecule has 3 rings (SSSR count). The number of carbonyl (C=O) groups excluding carboxylic acids is 2. The van der Waals surface area contributed by atoms with Gasteiger partial charge in [-0.25, -0.2) is 0 Å². The number of nitrogens with zero attached hydrogens (tertiary/aromatic N) is 1. The summed E-state index contributed by atoms with van der Waals surface area (Å²) in [6.45, 7) is 0.301. The fraction of sp³-hybridized carbons (Fsp3) is 0.238. The average molecular weight is 364 g/mol. The minimum Gasteiger partial charge on any atom is -0.493 e. The van der Waals surface area contributed by atoms with Gasteiger partial charge in [0, 0.05) is 36.0 Å². The number of benzene rings is 2. The first-order valence-electron chi connectivity index (χ1n) is 8.45. The minimum atomic E-state index is -0.444. The molecule has 0 saturated carbocycles. The molecule has 1 unspecified atom stereocenters. The maximum absolute atomic E-state index is 12.6. The molecule has 6 nitrogen and oxygen atoms in total. The fourth-order valence-electron chi connectivity index (χ4n) is 3.06. The summed E-state index contributed by atoms with van der Waals surface area (Å²) in [5.74, 6) is 2.88. The average Bonchev–Trinajstić information content (AvgIpc) is 3.09. The molecule has 1 aliphatic heterocycles. The summed E-state index contributed by atoms with van der Waals surface area (Å²) in [6, 6.07) is 12.3. The van der Waals surface area contributed by atoms with E-state index in [9.17, 15) is 9.59 Å². The van der Waals surface area contributed by atoms with Crippen LogP contribution in [-0.2, 0) is 9.59 Å². The Hall–Kier alpha value is -3.46. The van der Waals surface area contributed by atoms with E-state index in [4.69, 9.17) is 15.9 Å². The summed E-state index contributed by atoms with van der Waals surface area (Å²) < 4.78 is 10.5. The number of rotatable bonds is 5. The van der Waals surface area contributed by atoms with E-state index >= 15 is 0 Å². The van der Waals surface area contributed by atoms with Crippen molar-refractivity contribution in [2.24, 2.45) is 5.92 Å². The first kappa shape index (κ1) is 18.3. The molecular formula is C21H20N2O4. The molecule has 0 radical (unpaired) electrons. The Kier molecular flexibility index (Phi) is 5.32. The number of carbonyl (C=O) groups is 2. The van der Waals surface area contributed by atoms with E-state index in [1.807, 2.05) is 0 Å². The molecule has 138 valence electrons. The van der Waals surface area contributed by atoms with Crippen molar-refractivity contribution in [2.45, 2.75) is 6.42 Å². The van der Waals surface area contributed by atoms with Gasteiger partial charge in [0.1, 0.15) is 0 Å².